The first-order valence-electron chi connectivity index (χ1n) is 13.9. The Morgan fingerprint density at radius 3 is 2.33 bits per heavy atom. The van der Waals surface area contributed by atoms with Gasteiger partial charge in [-0.05, 0) is 42.0 Å². The summed E-state index contributed by atoms with van der Waals surface area (Å²) in [5, 5.41) is 19.1. The summed E-state index contributed by atoms with van der Waals surface area (Å²) in [7, 11) is 1.23. The maximum Gasteiger partial charge on any atom is 0.490 e. The first kappa shape index (κ1) is 33.5. The van der Waals surface area contributed by atoms with Gasteiger partial charge in [0, 0.05) is 55.9 Å². The van der Waals surface area contributed by atoms with E-state index in [4.69, 9.17) is 31.0 Å². The van der Waals surface area contributed by atoms with Crippen LogP contribution in [0.25, 0.3) is 10.9 Å². The number of aliphatic hydroxyl groups excluding tert-OH is 1. The van der Waals surface area contributed by atoms with Crippen LogP contribution >= 0.6 is 11.6 Å². The van der Waals surface area contributed by atoms with E-state index >= 15 is 0 Å². The number of carbonyl (C=O) groups excluding carboxylic acids is 1. The first-order valence-corrected chi connectivity index (χ1v) is 14.3. The molecule has 17 heteroatoms. The van der Waals surface area contributed by atoms with Crippen LogP contribution in [0.4, 0.5) is 32.2 Å². The molecule has 1 unspecified atom stereocenters. The number of hydrogen-bond donors (Lipinski definition) is 2. The van der Waals surface area contributed by atoms with E-state index in [-0.39, 0.29) is 47.0 Å². The molecule has 3 aliphatic heterocycles. The number of ether oxygens (including phenoxy) is 2. The largest absolute Gasteiger partial charge is 0.490 e. The lowest BCUT2D eigenvalue weighted by molar-refractivity contribution is -0.192. The van der Waals surface area contributed by atoms with E-state index < -0.39 is 36.2 Å². The highest BCUT2D eigenvalue weighted by Crippen LogP contribution is 2.43. The number of esters is 1. The molecule has 248 valence electrons. The lowest BCUT2D eigenvalue weighted by Crippen LogP contribution is -2.53. The van der Waals surface area contributed by atoms with Crippen LogP contribution in [0.15, 0.2) is 36.4 Å². The smallest absolute Gasteiger partial charge is 0.487 e. The van der Waals surface area contributed by atoms with E-state index in [2.05, 4.69) is 14.9 Å². The van der Waals surface area contributed by atoms with E-state index in [1.807, 2.05) is 18.2 Å². The van der Waals surface area contributed by atoms with E-state index in [9.17, 15) is 36.2 Å². The molecule has 10 nitrogen and oxygen atoms in total. The van der Waals surface area contributed by atoms with Crippen LogP contribution < -0.4 is 9.64 Å². The maximum atomic E-state index is 13.7. The predicted molar refractivity (Wildman–Crippen MR) is 151 cm³/mol. The van der Waals surface area contributed by atoms with Gasteiger partial charge in [0.25, 0.3) is 0 Å². The molecule has 3 aromatic rings. The Morgan fingerprint density at radius 1 is 1.04 bits per heavy atom. The van der Waals surface area contributed by atoms with Crippen LogP contribution in [0.1, 0.15) is 34.6 Å². The molecule has 4 heterocycles. The zero-order valence-corrected chi connectivity index (χ0v) is 24.8. The lowest BCUT2D eigenvalue weighted by Gasteiger charge is -2.41. The normalized spacial score (nSPS) is 21.0. The number of carboxylic acids is 1. The number of halogens is 7. The Bertz CT molecular complexity index is 1650. The summed E-state index contributed by atoms with van der Waals surface area (Å²) < 4.78 is 83.8. The Balaban J connectivity index is 0.000000537. The van der Waals surface area contributed by atoms with Crippen molar-refractivity contribution < 1.29 is 55.6 Å². The number of β-amino-alcohol motifs (C(OH)–C–C–N with tert-alkyl or cyclic N) is 1. The highest BCUT2D eigenvalue weighted by atomic mass is 35.5. The van der Waals surface area contributed by atoms with Crippen LogP contribution in [0.2, 0.25) is 5.02 Å². The average molecular weight is 677 g/mol. The van der Waals surface area contributed by atoms with E-state index in [0.717, 1.165) is 30.6 Å². The van der Waals surface area contributed by atoms with Gasteiger partial charge in [0.1, 0.15) is 17.2 Å². The molecule has 2 fully saturated rings. The van der Waals surface area contributed by atoms with E-state index in [1.165, 1.54) is 25.3 Å². The van der Waals surface area contributed by atoms with Gasteiger partial charge in [0.2, 0.25) is 5.82 Å². The van der Waals surface area contributed by atoms with Crippen molar-refractivity contribution in [3.8, 4) is 5.75 Å². The van der Waals surface area contributed by atoms with Crippen molar-refractivity contribution in [3.63, 3.8) is 0 Å². The first-order chi connectivity index (χ1) is 21.5. The zero-order chi connectivity index (χ0) is 33.6. The molecule has 3 aliphatic rings. The number of methoxy groups -OCH3 is 1. The number of fused-ring (bicyclic) bond motifs is 2. The number of rotatable bonds is 3. The fourth-order valence-corrected chi connectivity index (χ4v) is 6.17. The van der Waals surface area contributed by atoms with Crippen molar-refractivity contribution in [2.45, 2.75) is 49.4 Å². The molecular formula is C29H27ClF6N4O6. The highest BCUT2D eigenvalue weighted by molar-refractivity contribution is 6.30. The fraction of sp³-hybridized carbons (Fsp3) is 0.448. The minimum Gasteiger partial charge on any atom is -0.487 e. The monoisotopic (exact) mass is 676 g/mol. The third-order valence-electron chi connectivity index (χ3n) is 8.19. The van der Waals surface area contributed by atoms with E-state index in [0.29, 0.717) is 18.1 Å². The molecule has 1 spiro atoms. The van der Waals surface area contributed by atoms with Crippen LogP contribution in [-0.4, -0.2) is 94.2 Å². The Kier molecular flexibility index (Phi) is 9.00. The summed E-state index contributed by atoms with van der Waals surface area (Å²) >= 11 is 6.15. The minimum absolute atomic E-state index is 0.0274. The Morgan fingerprint density at radius 2 is 1.72 bits per heavy atom. The molecule has 2 saturated heterocycles. The zero-order valence-electron chi connectivity index (χ0n) is 24.0. The van der Waals surface area contributed by atoms with Crippen LogP contribution in [-0.2, 0) is 22.1 Å². The van der Waals surface area contributed by atoms with Crippen molar-refractivity contribution in [2.24, 2.45) is 0 Å². The van der Waals surface area contributed by atoms with Gasteiger partial charge in [-0.3, -0.25) is 4.90 Å². The summed E-state index contributed by atoms with van der Waals surface area (Å²) in [4.78, 5) is 32.4. The standard InChI is InChI=1S/C27H26ClF3N4O4.C2HF3O2/c1-38-24(37)15-2-4-19-18(11-15)23(33-25(32-19)27(29,30)31)35-13-20(21(36)14-35)34-8-6-26(7-9-34)12-16-10-17(28)3-5-22(16)39-26;3-2(4,5)1(6)7/h2-5,10-11,20-21,36H,6-9,12-14H2,1H3;(H,6,7)/t20?,21-;/m1./s1. The number of anilines is 1. The summed E-state index contributed by atoms with van der Waals surface area (Å²) in [6.45, 7) is 1.71. The Labute approximate surface area is 262 Å². The lowest BCUT2D eigenvalue weighted by atomic mass is 9.86. The molecule has 0 amide bonds. The SMILES string of the molecule is COC(=O)c1ccc2nc(C(F)(F)F)nc(N3CC(N4CCC5(CC4)Cc4cc(Cl)ccc4O5)[C@H](O)C3)c2c1.O=C(O)C(F)(F)F. The van der Waals surface area contributed by atoms with Gasteiger partial charge in [-0.15, -0.1) is 0 Å². The fourth-order valence-electron chi connectivity index (χ4n) is 5.97. The number of alkyl halides is 6. The number of piperidine rings is 1. The van der Waals surface area contributed by atoms with Gasteiger partial charge < -0.3 is 24.6 Å². The molecule has 46 heavy (non-hydrogen) atoms. The van der Waals surface area contributed by atoms with Gasteiger partial charge in [-0.1, -0.05) is 11.6 Å². The van der Waals surface area contributed by atoms with Crippen LogP contribution in [0.5, 0.6) is 5.75 Å². The molecule has 0 aliphatic carbocycles. The van der Waals surface area contributed by atoms with Crippen LogP contribution in [0, 0.1) is 0 Å². The van der Waals surface area contributed by atoms with Crippen molar-refractivity contribution in [1.82, 2.24) is 14.9 Å². The molecule has 2 aromatic carbocycles. The van der Waals surface area contributed by atoms with Crippen molar-refractivity contribution in [1.29, 1.82) is 0 Å². The molecule has 0 saturated carbocycles. The van der Waals surface area contributed by atoms with Crippen molar-refractivity contribution in [3.05, 3.63) is 58.4 Å². The van der Waals surface area contributed by atoms with Gasteiger partial charge in [-0.25, -0.2) is 19.6 Å². The average Bonchev–Trinajstić information content (AvgIpc) is 3.55. The summed E-state index contributed by atoms with van der Waals surface area (Å²) in [6, 6.07) is 9.49. The third-order valence-corrected chi connectivity index (χ3v) is 8.43. The maximum absolute atomic E-state index is 13.7. The highest BCUT2D eigenvalue weighted by Gasteiger charge is 2.46. The number of carboxylic acid groups (broad SMARTS) is 1. The summed E-state index contributed by atoms with van der Waals surface area (Å²) in [5.74, 6) is -3.77. The minimum atomic E-state index is -5.08. The second-order valence-corrected chi connectivity index (χ2v) is 11.6. The second-order valence-electron chi connectivity index (χ2n) is 11.2. The quantitative estimate of drug-likeness (QED) is 0.297. The van der Waals surface area contributed by atoms with Gasteiger partial charge in [0.05, 0.1) is 30.3 Å². The molecule has 2 atom stereocenters. The summed E-state index contributed by atoms with van der Waals surface area (Å²) in [6.07, 6.45) is -8.38. The molecule has 1 aromatic heterocycles. The van der Waals surface area contributed by atoms with Gasteiger partial charge in [-0.2, -0.15) is 26.3 Å². The number of benzene rings is 2. The number of likely N-dealkylation sites (tertiary alicyclic amines) is 1. The molecule has 2 N–H and O–H groups in total. The number of hydrogen-bond acceptors (Lipinski definition) is 9. The molecule has 0 bridgehead atoms. The number of aliphatic hydroxyl groups is 1. The summed E-state index contributed by atoms with van der Waals surface area (Å²) in [5.41, 5.74) is 0.994. The molecule has 0 radical (unpaired) electrons. The molecule has 6 rings (SSSR count). The number of carbonyl (C=O) groups is 2. The number of nitrogens with zero attached hydrogens (tertiary/aromatic N) is 4. The van der Waals surface area contributed by atoms with Gasteiger partial charge >= 0.3 is 24.3 Å². The predicted octanol–water partition coefficient (Wildman–Crippen LogP) is 4.74. The third kappa shape index (κ3) is 6.93. The Hall–Kier alpha value is -3.89. The number of aromatic nitrogens is 2. The van der Waals surface area contributed by atoms with Crippen molar-refractivity contribution >= 4 is 40.3 Å². The van der Waals surface area contributed by atoms with Gasteiger partial charge in [0.15, 0.2) is 0 Å². The topological polar surface area (TPSA) is 125 Å². The second kappa shape index (κ2) is 12.4. The van der Waals surface area contributed by atoms with Crippen LogP contribution in [0.3, 0.4) is 0 Å². The van der Waals surface area contributed by atoms with Crippen molar-refractivity contribution in [2.75, 3.05) is 38.2 Å². The number of aliphatic carboxylic acids is 1. The van der Waals surface area contributed by atoms with E-state index in [1.54, 1.807) is 4.90 Å². The molecular weight excluding hydrogens is 650 g/mol.